The molecule has 0 aliphatic rings. The molecule has 5 nitrogen and oxygen atoms in total. The van der Waals surface area contributed by atoms with Crippen molar-refractivity contribution < 1.29 is 0 Å². The van der Waals surface area contributed by atoms with E-state index in [1.165, 1.54) is 0 Å². The van der Waals surface area contributed by atoms with E-state index in [4.69, 9.17) is 0 Å². The van der Waals surface area contributed by atoms with E-state index < -0.39 is 0 Å². The maximum Gasteiger partial charge on any atom is 0.267 e. The molecule has 0 amide bonds. The van der Waals surface area contributed by atoms with E-state index in [9.17, 15) is 4.79 Å². The molecule has 3 rings (SSSR count). The van der Waals surface area contributed by atoms with E-state index in [2.05, 4.69) is 20.2 Å². The first-order valence-electron chi connectivity index (χ1n) is 5.70. The van der Waals surface area contributed by atoms with Crippen LogP contribution in [0.1, 0.15) is 16.8 Å². The Morgan fingerprint density at radius 2 is 1.89 bits per heavy atom. The van der Waals surface area contributed by atoms with Crippen molar-refractivity contribution in [3.63, 3.8) is 0 Å². The lowest BCUT2D eigenvalue weighted by Crippen LogP contribution is -2.06. The van der Waals surface area contributed by atoms with Gasteiger partial charge in [0.15, 0.2) is 0 Å². The monoisotopic (exact) mass is 240 g/mol. The Kier molecular flexibility index (Phi) is 2.44. The molecule has 0 saturated carbocycles. The smallest absolute Gasteiger partial charge is 0.267 e. The molecular formula is C13H12N4O. The van der Waals surface area contributed by atoms with Gasteiger partial charge in [0.2, 0.25) is 0 Å². The van der Waals surface area contributed by atoms with Crippen LogP contribution in [0.2, 0.25) is 0 Å². The van der Waals surface area contributed by atoms with Crippen LogP contribution < -0.4 is 5.56 Å². The molecule has 5 heteroatoms. The molecule has 2 heterocycles. The number of rotatable bonds is 2. The van der Waals surface area contributed by atoms with Crippen LogP contribution in [0, 0.1) is 6.92 Å². The van der Waals surface area contributed by atoms with Crippen LogP contribution in [0.25, 0.3) is 11.0 Å². The van der Waals surface area contributed by atoms with Crippen LogP contribution in [0.5, 0.6) is 0 Å². The third kappa shape index (κ3) is 1.79. The predicted octanol–water partition coefficient (Wildman–Crippen LogP) is 1.55. The molecule has 2 aromatic heterocycles. The van der Waals surface area contributed by atoms with Crippen molar-refractivity contribution in [3.05, 3.63) is 57.8 Å². The van der Waals surface area contributed by atoms with Crippen molar-refractivity contribution >= 4 is 11.0 Å². The first-order valence-corrected chi connectivity index (χ1v) is 5.70. The summed E-state index contributed by atoms with van der Waals surface area (Å²) in [5.74, 6) is 0. The van der Waals surface area contributed by atoms with Crippen LogP contribution in [-0.4, -0.2) is 20.2 Å². The van der Waals surface area contributed by atoms with Gasteiger partial charge in [-0.1, -0.05) is 6.07 Å². The molecule has 0 unspecified atom stereocenters. The molecule has 0 radical (unpaired) electrons. The van der Waals surface area contributed by atoms with Crippen LogP contribution >= 0.6 is 0 Å². The molecule has 3 aromatic rings. The Balaban J connectivity index is 2.03. The number of nitrogens with zero attached hydrogens (tertiary/aromatic N) is 2. The minimum atomic E-state index is -0.0632. The fourth-order valence-corrected chi connectivity index (χ4v) is 2.01. The maximum atomic E-state index is 11.6. The second kappa shape index (κ2) is 4.10. The number of hydrogen-bond donors (Lipinski definition) is 2. The van der Waals surface area contributed by atoms with Crippen molar-refractivity contribution in [3.8, 4) is 0 Å². The van der Waals surface area contributed by atoms with Gasteiger partial charge in [0.1, 0.15) is 0 Å². The number of fused-ring (bicyclic) bond motifs is 1. The van der Waals surface area contributed by atoms with Gasteiger partial charge in [-0.25, -0.2) is 0 Å². The van der Waals surface area contributed by atoms with E-state index in [1.807, 2.05) is 25.1 Å². The number of aromatic amines is 2. The van der Waals surface area contributed by atoms with Crippen molar-refractivity contribution in [1.82, 2.24) is 20.2 Å². The number of aromatic nitrogens is 4. The van der Waals surface area contributed by atoms with Crippen LogP contribution in [0.3, 0.4) is 0 Å². The first-order chi connectivity index (χ1) is 8.74. The molecule has 0 fully saturated rings. The van der Waals surface area contributed by atoms with Gasteiger partial charge < -0.3 is 5.10 Å². The van der Waals surface area contributed by atoms with E-state index >= 15 is 0 Å². The van der Waals surface area contributed by atoms with E-state index in [0.717, 1.165) is 27.9 Å². The van der Waals surface area contributed by atoms with Crippen molar-refractivity contribution in [2.75, 3.05) is 0 Å². The van der Waals surface area contributed by atoms with Crippen molar-refractivity contribution in [2.45, 2.75) is 13.3 Å². The largest absolute Gasteiger partial charge is 0.302 e. The fraction of sp³-hybridized carbons (Fsp3) is 0.154. The molecule has 1 aromatic carbocycles. The summed E-state index contributed by atoms with van der Waals surface area (Å²) in [5.41, 5.74) is 4.33. The second-order valence-electron chi connectivity index (χ2n) is 4.24. The number of nitrogens with one attached hydrogen (secondary N) is 2. The molecule has 0 saturated heterocycles. The Morgan fingerprint density at radius 3 is 2.61 bits per heavy atom. The zero-order chi connectivity index (χ0) is 12.5. The summed E-state index contributed by atoms with van der Waals surface area (Å²) >= 11 is 0. The minimum absolute atomic E-state index is 0.0632. The highest BCUT2D eigenvalue weighted by Crippen LogP contribution is 2.14. The van der Waals surface area contributed by atoms with Crippen LogP contribution in [-0.2, 0) is 6.42 Å². The van der Waals surface area contributed by atoms with Gasteiger partial charge >= 0.3 is 0 Å². The molecule has 18 heavy (non-hydrogen) atoms. The molecular weight excluding hydrogens is 228 g/mol. The summed E-state index contributed by atoms with van der Waals surface area (Å²) in [6.45, 7) is 1.88. The summed E-state index contributed by atoms with van der Waals surface area (Å²) < 4.78 is 0. The van der Waals surface area contributed by atoms with Gasteiger partial charge in [-0.3, -0.25) is 19.9 Å². The Hall–Kier alpha value is -2.43. The summed E-state index contributed by atoms with van der Waals surface area (Å²) in [6, 6.07) is 5.87. The average molecular weight is 240 g/mol. The second-order valence-corrected chi connectivity index (χ2v) is 4.24. The maximum absolute atomic E-state index is 11.6. The molecule has 0 atom stereocenters. The zero-order valence-corrected chi connectivity index (χ0v) is 9.90. The Morgan fingerprint density at radius 1 is 1.11 bits per heavy atom. The van der Waals surface area contributed by atoms with Gasteiger partial charge in [0.25, 0.3) is 5.56 Å². The van der Waals surface area contributed by atoms with Crippen molar-refractivity contribution in [2.24, 2.45) is 0 Å². The Labute approximate surface area is 103 Å². The SMILES string of the molecule is Cc1[nH][nH]c(=O)c1Cc1ccc2nccnc2c1. The van der Waals surface area contributed by atoms with E-state index in [0.29, 0.717) is 6.42 Å². The molecule has 2 N–H and O–H groups in total. The standard InChI is InChI=1S/C13H12N4O/c1-8-10(13(18)17-16-8)6-9-2-3-11-12(7-9)15-5-4-14-11/h2-5,7H,6H2,1H3,(H2,16,17,18). The van der Waals surface area contributed by atoms with Crippen molar-refractivity contribution in [1.29, 1.82) is 0 Å². The first kappa shape index (κ1) is 10.7. The van der Waals surface area contributed by atoms with Gasteiger partial charge in [0.05, 0.1) is 11.0 Å². The lowest BCUT2D eigenvalue weighted by Gasteiger charge is -2.01. The summed E-state index contributed by atoms with van der Waals surface area (Å²) in [7, 11) is 0. The number of benzene rings is 1. The molecule has 0 aliphatic heterocycles. The van der Waals surface area contributed by atoms with E-state index in [-0.39, 0.29) is 5.56 Å². The van der Waals surface area contributed by atoms with E-state index in [1.54, 1.807) is 12.4 Å². The topological polar surface area (TPSA) is 74.4 Å². The fourth-order valence-electron chi connectivity index (χ4n) is 2.01. The molecule has 0 spiro atoms. The highest BCUT2D eigenvalue weighted by Gasteiger charge is 2.07. The summed E-state index contributed by atoms with van der Waals surface area (Å²) in [5, 5.41) is 5.41. The summed E-state index contributed by atoms with van der Waals surface area (Å²) in [6.07, 6.45) is 3.93. The number of hydrogen-bond acceptors (Lipinski definition) is 3. The third-order valence-corrected chi connectivity index (χ3v) is 3.00. The molecule has 0 bridgehead atoms. The van der Waals surface area contributed by atoms with Gasteiger partial charge in [-0.05, 0) is 24.6 Å². The van der Waals surface area contributed by atoms with Crippen LogP contribution in [0.15, 0.2) is 35.4 Å². The quantitative estimate of drug-likeness (QED) is 0.713. The minimum Gasteiger partial charge on any atom is -0.302 e. The molecule has 0 aliphatic carbocycles. The normalized spacial score (nSPS) is 10.9. The zero-order valence-electron chi connectivity index (χ0n) is 9.90. The van der Waals surface area contributed by atoms with Gasteiger partial charge in [0, 0.05) is 30.1 Å². The lowest BCUT2D eigenvalue weighted by atomic mass is 10.1. The highest BCUT2D eigenvalue weighted by atomic mass is 16.1. The lowest BCUT2D eigenvalue weighted by molar-refractivity contribution is 1.02. The predicted molar refractivity (Wildman–Crippen MR) is 68.5 cm³/mol. The van der Waals surface area contributed by atoms with Gasteiger partial charge in [-0.15, -0.1) is 0 Å². The van der Waals surface area contributed by atoms with Crippen LogP contribution in [0.4, 0.5) is 0 Å². The number of H-pyrrole nitrogens is 2. The average Bonchev–Trinajstić information content (AvgIpc) is 2.70. The molecule has 90 valence electrons. The summed E-state index contributed by atoms with van der Waals surface area (Å²) in [4.78, 5) is 20.1. The Bertz CT molecular complexity index is 757. The third-order valence-electron chi connectivity index (χ3n) is 3.00. The number of aryl methyl sites for hydroxylation is 1. The highest BCUT2D eigenvalue weighted by molar-refractivity contribution is 5.74. The van der Waals surface area contributed by atoms with Gasteiger partial charge in [-0.2, -0.15) is 0 Å².